The number of anilines is 1. The van der Waals surface area contributed by atoms with E-state index >= 15 is 0 Å². The van der Waals surface area contributed by atoms with Crippen molar-refractivity contribution in [2.75, 3.05) is 5.32 Å². The average molecular weight is 308 g/mol. The van der Waals surface area contributed by atoms with Gasteiger partial charge in [-0.15, -0.1) is 0 Å². The second-order valence-electron chi connectivity index (χ2n) is 5.32. The van der Waals surface area contributed by atoms with Gasteiger partial charge in [0.1, 0.15) is 0 Å². The van der Waals surface area contributed by atoms with Gasteiger partial charge in [-0.3, -0.25) is 9.59 Å². The number of hydrogen-bond acceptors (Lipinski definition) is 4. The van der Waals surface area contributed by atoms with Gasteiger partial charge < -0.3 is 10.2 Å². The number of oxime groups is 1. The highest BCUT2D eigenvalue weighted by Gasteiger charge is 2.28. The van der Waals surface area contributed by atoms with E-state index in [1.165, 1.54) is 6.92 Å². The van der Waals surface area contributed by atoms with Crippen LogP contribution in [0.4, 0.5) is 5.69 Å². The molecule has 116 valence electrons. The molecule has 3 rings (SSSR count). The first-order valence-corrected chi connectivity index (χ1v) is 7.33. The molecular formula is C18H16N2O3. The largest absolute Gasteiger partial charge is 0.382 e. The van der Waals surface area contributed by atoms with Crippen LogP contribution in [0, 0.1) is 0 Å². The normalized spacial score (nSPS) is 16.4. The molecule has 0 unspecified atom stereocenters. The predicted molar refractivity (Wildman–Crippen MR) is 87.5 cm³/mol. The maximum absolute atomic E-state index is 12.2. The van der Waals surface area contributed by atoms with Crippen molar-refractivity contribution in [3.05, 3.63) is 65.7 Å². The molecule has 0 aliphatic carbocycles. The molecule has 1 amide bonds. The summed E-state index contributed by atoms with van der Waals surface area (Å²) in [5, 5.41) is 6.77. The minimum absolute atomic E-state index is 0.0112. The molecule has 1 aliphatic rings. The van der Waals surface area contributed by atoms with Crippen molar-refractivity contribution in [2.45, 2.75) is 19.4 Å². The summed E-state index contributed by atoms with van der Waals surface area (Å²) in [6.07, 6.45) is -0.209. The zero-order valence-electron chi connectivity index (χ0n) is 12.7. The molecule has 1 atom stereocenters. The highest BCUT2D eigenvalue weighted by atomic mass is 16.6. The van der Waals surface area contributed by atoms with Gasteiger partial charge in [0, 0.05) is 17.7 Å². The number of carbonyl (C=O) groups is 2. The van der Waals surface area contributed by atoms with Gasteiger partial charge in [0.25, 0.3) is 5.91 Å². The second kappa shape index (κ2) is 6.44. The molecular weight excluding hydrogens is 292 g/mol. The second-order valence-corrected chi connectivity index (χ2v) is 5.32. The number of benzene rings is 2. The standard InChI is InChI=1S/C18H16N2O3/c1-12(21)13-7-9-15(10-8-13)19-18(22)17-11-16(20-23-17)14-5-3-2-4-6-14/h2-10,17H,11H2,1H3,(H,19,22)/t17-/m0/s1. The van der Waals surface area contributed by atoms with Crippen LogP contribution in [0.3, 0.4) is 0 Å². The molecule has 0 saturated carbocycles. The third-order valence-electron chi connectivity index (χ3n) is 3.63. The summed E-state index contributed by atoms with van der Waals surface area (Å²) >= 11 is 0. The molecule has 1 heterocycles. The van der Waals surface area contributed by atoms with E-state index < -0.39 is 6.10 Å². The Hall–Kier alpha value is -2.95. The van der Waals surface area contributed by atoms with Crippen molar-refractivity contribution < 1.29 is 14.4 Å². The number of ketones is 1. The lowest BCUT2D eigenvalue weighted by molar-refractivity contribution is -0.125. The topological polar surface area (TPSA) is 67.8 Å². The van der Waals surface area contributed by atoms with Crippen LogP contribution >= 0.6 is 0 Å². The number of hydrogen-bond donors (Lipinski definition) is 1. The van der Waals surface area contributed by atoms with Gasteiger partial charge in [-0.1, -0.05) is 35.5 Å². The molecule has 0 bridgehead atoms. The predicted octanol–water partition coefficient (Wildman–Crippen LogP) is 3.02. The molecule has 2 aromatic carbocycles. The molecule has 23 heavy (non-hydrogen) atoms. The summed E-state index contributed by atoms with van der Waals surface area (Å²) in [4.78, 5) is 28.7. The SMILES string of the molecule is CC(=O)c1ccc(NC(=O)[C@@H]2CC(c3ccccc3)=NO2)cc1. The van der Waals surface area contributed by atoms with E-state index in [-0.39, 0.29) is 11.7 Å². The number of amides is 1. The summed E-state index contributed by atoms with van der Waals surface area (Å²) in [7, 11) is 0. The zero-order chi connectivity index (χ0) is 16.2. The number of carbonyl (C=O) groups excluding carboxylic acids is 2. The highest BCUT2D eigenvalue weighted by Crippen LogP contribution is 2.18. The Bertz CT molecular complexity index is 752. The van der Waals surface area contributed by atoms with Crippen LogP contribution in [-0.4, -0.2) is 23.5 Å². The third-order valence-corrected chi connectivity index (χ3v) is 3.63. The van der Waals surface area contributed by atoms with Crippen molar-refractivity contribution in [3.8, 4) is 0 Å². The monoisotopic (exact) mass is 308 g/mol. The van der Waals surface area contributed by atoms with E-state index in [0.29, 0.717) is 17.7 Å². The van der Waals surface area contributed by atoms with Crippen molar-refractivity contribution in [2.24, 2.45) is 5.16 Å². The maximum Gasteiger partial charge on any atom is 0.268 e. The molecule has 5 nitrogen and oxygen atoms in total. The highest BCUT2D eigenvalue weighted by molar-refractivity contribution is 6.06. The van der Waals surface area contributed by atoms with E-state index in [9.17, 15) is 9.59 Å². The van der Waals surface area contributed by atoms with Gasteiger partial charge in [0.15, 0.2) is 5.78 Å². The first kappa shape index (κ1) is 15.0. The lowest BCUT2D eigenvalue weighted by Crippen LogP contribution is -2.28. The Kier molecular flexibility index (Phi) is 4.19. The Morgan fingerprint density at radius 1 is 1.09 bits per heavy atom. The molecule has 0 aromatic heterocycles. The lowest BCUT2D eigenvalue weighted by atomic mass is 10.0. The fraction of sp³-hybridized carbons (Fsp3) is 0.167. The lowest BCUT2D eigenvalue weighted by Gasteiger charge is -2.09. The Balaban J connectivity index is 1.61. The van der Waals surface area contributed by atoms with Gasteiger partial charge >= 0.3 is 0 Å². The van der Waals surface area contributed by atoms with E-state index in [2.05, 4.69) is 10.5 Å². The van der Waals surface area contributed by atoms with E-state index in [4.69, 9.17) is 4.84 Å². The summed E-state index contributed by atoms with van der Waals surface area (Å²) in [5.74, 6) is -0.266. The number of nitrogens with zero attached hydrogens (tertiary/aromatic N) is 1. The Morgan fingerprint density at radius 2 is 1.78 bits per heavy atom. The minimum atomic E-state index is -0.641. The molecule has 0 spiro atoms. The van der Waals surface area contributed by atoms with Gasteiger partial charge in [0.05, 0.1) is 5.71 Å². The molecule has 0 saturated heterocycles. The van der Waals surface area contributed by atoms with E-state index in [1.54, 1.807) is 24.3 Å². The molecule has 1 aliphatic heterocycles. The minimum Gasteiger partial charge on any atom is -0.382 e. The summed E-state index contributed by atoms with van der Waals surface area (Å²) in [5.41, 5.74) is 2.94. The molecule has 1 N–H and O–H groups in total. The first-order chi connectivity index (χ1) is 11.1. The van der Waals surface area contributed by atoms with Crippen LogP contribution in [0.1, 0.15) is 29.3 Å². The van der Waals surface area contributed by atoms with Gasteiger partial charge in [-0.2, -0.15) is 0 Å². The maximum atomic E-state index is 12.2. The summed E-state index contributed by atoms with van der Waals surface area (Å²) < 4.78 is 0. The van der Waals surface area contributed by atoms with Crippen LogP contribution in [0.15, 0.2) is 59.8 Å². The Morgan fingerprint density at radius 3 is 2.43 bits per heavy atom. The van der Waals surface area contributed by atoms with Gasteiger partial charge in [0.2, 0.25) is 6.10 Å². The van der Waals surface area contributed by atoms with Crippen LogP contribution in [-0.2, 0) is 9.63 Å². The molecule has 5 heteroatoms. The van der Waals surface area contributed by atoms with Crippen LogP contribution in [0.5, 0.6) is 0 Å². The van der Waals surface area contributed by atoms with Crippen LogP contribution in [0.25, 0.3) is 0 Å². The number of Topliss-reactive ketones (excluding diaryl/α,β-unsaturated/α-hetero) is 1. The number of rotatable bonds is 4. The summed E-state index contributed by atoms with van der Waals surface area (Å²) in [6.45, 7) is 1.50. The third kappa shape index (κ3) is 3.45. The number of nitrogens with one attached hydrogen (secondary N) is 1. The fourth-order valence-corrected chi connectivity index (χ4v) is 2.33. The summed E-state index contributed by atoms with van der Waals surface area (Å²) in [6, 6.07) is 16.4. The van der Waals surface area contributed by atoms with Crippen LogP contribution < -0.4 is 5.32 Å². The van der Waals surface area contributed by atoms with Crippen molar-refractivity contribution in [1.82, 2.24) is 0 Å². The molecule has 0 fully saturated rings. The molecule has 2 aromatic rings. The zero-order valence-corrected chi connectivity index (χ0v) is 12.7. The van der Waals surface area contributed by atoms with E-state index in [1.807, 2.05) is 30.3 Å². The molecule has 0 radical (unpaired) electrons. The van der Waals surface area contributed by atoms with Gasteiger partial charge in [-0.05, 0) is 36.8 Å². The van der Waals surface area contributed by atoms with Crippen molar-refractivity contribution in [1.29, 1.82) is 0 Å². The quantitative estimate of drug-likeness (QED) is 0.883. The smallest absolute Gasteiger partial charge is 0.268 e. The Labute approximate surface area is 134 Å². The van der Waals surface area contributed by atoms with Crippen LogP contribution in [0.2, 0.25) is 0 Å². The van der Waals surface area contributed by atoms with Crippen molar-refractivity contribution >= 4 is 23.1 Å². The average Bonchev–Trinajstić information content (AvgIpc) is 3.06. The van der Waals surface area contributed by atoms with E-state index in [0.717, 1.165) is 11.3 Å². The van der Waals surface area contributed by atoms with Gasteiger partial charge in [-0.25, -0.2) is 0 Å². The first-order valence-electron chi connectivity index (χ1n) is 7.33. The van der Waals surface area contributed by atoms with Crippen molar-refractivity contribution in [3.63, 3.8) is 0 Å². The fourth-order valence-electron chi connectivity index (χ4n) is 2.33.